The van der Waals surface area contributed by atoms with Crippen molar-refractivity contribution >= 4 is 26.8 Å². The summed E-state index contributed by atoms with van der Waals surface area (Å²) in [5, 5.41) is 4.74. The van der Waals surface area contributed by atoms with Crippen LogP contribution in [0, 0.1) is 5.82 Å². The van der Waals surface area contributed by atoms with Crippen LogP contribution in [-0.4, -0.2) is 17.7 Å². The molecule has 0 aliphatic carbocycles. The summed E-state index contributed by atoms with van der Waals surface area (Å²) in [6.07, 6.45) is 4.57. The molecule has 1 aromatic heterocycles. The minimum atomic E-state index is -0.162. The zero-order chi connectivity index (χ0) is 16.5. The van der Waals surface area contributed by atoms with Crippen LogP contribution in [0.5, 0.6) is 0 Å². The zero-order valence-electron chi connectivity index (χ0n) is 13.4. The molecule has 0 spiro atoms. The van der Waals surface area contributed by atoms with Gasteiger partial charge in [0, 0.05) is 27.1 Å². The van der Waals surface area contributed by atoms with Crippen molar-refractivity contribution in [2.45, 2.75) is 25.3 Å². The quantitative estimate of drug-likeness (QED) is 0.665. The number of halogens is 2. The van der Waals surface area contributed by atoms with Crippen molar-refractivity contribution in [3.05, 3.63) is 70.1 Å². The highest BCUT2D eigenvalue weighted by Gasteiger charge is 2.20. The molecule has 0 amide bonds. The van der Waals surface area contributed by atoms with Crippen LogP contribution in [0.25, 0.3) is 10.9 Å². The minimum Gasteiger partial charge on any atom is -0.343 e. The third kappa shape index (κ3) is 3.01. The number of piperidine rings is 1. The van der Waals surface area contributed by atoms with Crippen molar-refractivity contribution in [1.82, 2.24) is 9.88 Å². The summed E-state index contributed by atoms with van der Waals surface area (Å²) in [6, 6.07) is 13.8. The summed E-state index contributed by atoms with van der Waals surface area (Å²) < 4.78 is 17.2. The third-order valence-corrected chi connectivity index (χ3v) is 5.45. The van der Waals surface area contributed by atoms with Gasteiger partial charge in [0.25, 0.3) is 0 Å². The van der Waals surface area contributed by atoms with E-state index in [4.69, 9.17) is 0 Å². The predicted molar refractivity (Wildman–Crippen MR) is 100.0 cm³/mol. The molecule has 3 aromatic rings. The number of nitrogens with zero attached hydrogens (tertiary/aromatic N) is 1. The van der Waals surface area contributed by atoms with Crippen molar-refractivity contribution in [2.24, 2.45) is 0 Å². The second-order valence-corrected chi connectivity index (χ2v) is 7.41. The van der Waals surface area contributed by atoms with Gasteiger partial charge < -0.3 is 9.88 Å². The molecule has 2 nitrogen and oxygen atoms in total. The van der Waals surface area contributed by atoms with Gasteiger partial charge in [0.2, 0.25) is 0 Å². The molecule has 2 heterocycles. The highest BCUT2D eigenvalue weighted by molar-refractivity contribution is 9.10. The Morgan fingerprint density at radius 1 is 1.12 bits per heavy atom. The minimum absolute atomic E-state index is 0.162. The summed E-state index contributed by atoms with van der Waals surface area (Å²) in [7, 11) is 0. The molecule has 1 fully saturated rings. The van der Waals surface area contributed by atoms with Crippen LogP contribution in [0.3, 0.4) is 0 Å². The molecule has 0 saturated carbocycles. The average molecular weight is 387 g/mol. The molecule has 0 radical (unpaired) electrons. The van der Waals surface area contributed by atoms with Crippen LogP contribution in [0.2, 0.25) is 0 Å². The zero-order valence-corrected chi connectivity index (χ0v) is 15.0. The van der Waals surface area contributed by atoms with Crippen LogP contribution in [0.15, 0.2) is 53.1 Å². The molecule has 1 N–H and O–H groups in total. The Balaban J connectivity index is 1.75. The van der Waals surface area contributed by atoms with Gasteiger partial charge in [-0.15, -0.1) is 0 Å². The molecule has 24 heavy (non-hydrogen) atoms. The third-order valence-electron chi connectivity index (χ3n) is 4.95. The highest BCUT2D eigenvalue weighted by atomic mass is 79.9. The first-order valence-corrected chi connectivity index (χ1v) is 9.24. The summed E-state index contributed by atoms with van der Waals surface area (Å²) in [6.45, 7) is 2.71. The van der Waals surface area contributed by atoms with Crippen molar-refractivity contribution in [1.29, 1.82) is 0 Å². The Morgan fingerprint density at radius 3 is 2.71 bits per heavy atom. The molecule has 1 saturated heterocycles. The number of nitrogens with one attached hydrogen (secondary N) is 1. The number of fused-ring (bicyclic) bond motifs is 1. The number of rotatable bonds is 3. The first-order valence-electron chi connectivity index (χ1n) is 8.45. The van der Waals surface area contributed by atoms with E-state index in [0.29, 0.717) is 12.5 Å². The average Bonchev–Trinajstić information content (AvgIpc) is 2.97. The fourth-order valence-electron chi connectivity index (χ4n) is 3.70. The maximum Gasteiger partial charge on any atom is 0.129 e. The SMILES string of the molecule is Fc1cc(Br)ccc1Cn1cc(C2CCNCC2)c2ccccc21. The Hall–Kier alpha value is -1.65. The molecule has 1 aliphatic heterocycles. The van der Waals surface area contributed by atoms with Gasteiger partial charge in [-0.05, 0) is 55.6 Å². The van der Waals surface area contributed by atoms with E-state index in [0.717, 1.165) is 23.1 Å². The summed E-state index contributed by atoms with van der Waals surface area (Å²) in [5.74, 6) is 0.428. The van der Waals surface area contributed by atoms with E-state index in [1.165, 1.54) is 35.4 Å². The van der Waals surface area contributed by atoms with Crippen LogP contribution in [0.4, 0.5) is 4.39 Å². The second kappa shape index (κ2) is 6.69. The van der Waals surface area contributed by atoms with E-state index < -0.39 is 0 Å². The van der Waals surface area contributed by atoms with E-state index >= 15 is 0 Å². The van der Waals surface area contributed by atoms with Crippen molar-refractivity contribution in [2.75, 3.05) is 13.1 Å². The van der Waals surface area contributed by atoms with Gasteiger partial charge in [-0.3, -0.25) is 0 Å². The molecule has 124 valence electrons. The first-order chi connectivity index (χ1) is 11.7. The van der Waals surface area contributed by atoms with Gasteiger partial charge in [-0.25, -0.2) is 4.39 Å². The maximum absolute atomic E-state index is 14.2. The second-order valence-electron chi connectivity index (χ2n) is 6.49. The maximum atomic E-state index is 14.2. The van der Waals surface area contributed by atoms with Gasteiger partial charge in [-0.2, -0.15) is 0 Å². The fourth-order valence-corrected chi connectivity index (χ4v) is 4.03. The van der Waals surface area contributed by atoms with Gasteiger partial charge in [0.1, 0.15) is 5.82 Å². The smallest absolute Gasteiger partial charge is 0.129 e. The van der Waals surface area contributed by atoms with Crippen LogP contribution < -0.4 is 5.32 Å². The summed E-state index contributed by atoms with van der Waals surface area (Å²) in [5.41, 5.74) is 3.31. The van der Waals surface area contributed by atoms with Crippen molar-refractivity contribution in [3.8, 4) is 0 Å². The number of benzene rings is 2. The Kier molecular flexibility index (Phi) is 4.42. The lowest BCUT2D eigenvalue weighted by molar-refractivity contribution is 0.461. The Bertz CT molecular complexity index is 865. The van der Waals surface area contributed by atoms with Crippen LogP contribution >= 0.6 is 15.9 Å². The van der Waals surface area contributed by atoms with E-state index in [-0.39, 0.29) is 5.82 Å². The molecule has 4 heteroatoms. The van der Waals surface area contributed by atoms with Crippen LogP contribution in [0.1, 0.15) is 29.9 Å². The number of hydrogen-bond acceptors (Lipinski definition) is 1. The molecule has 4 rings (SSSR count). The topological polar surface area (TPSA) is 17.0 Å². The predicted octanol–water partition coefficient (Wildman–Crippen LogP) is 5.06. The van der Waals surface area contributed by atoms with Gasteiger partial charge >= 0.3 is 0 Å². The fraction of sp³-hybridized carbons (Fsp3) is 0.300. The van der Waals surface area contributed by atoms with Crippen molar-refractivity contribution in [3.63, 3.8) is 0 Å². The molecule has 2 aromatic carbocycles. The summed E-state index contributed by atoms with van der Waals surface area (Å²) >= 11 is 3.32. The van der Waals surface area contributed by atoms with E-state index in [9.17, 15) is 4.39 Å². The molecule has 0 bridgehead atoms. The molecular weight excluding hydrogens is 367 g/mol. The largest absolute Gasteiger partial charge is 0.343 e. The van der Waals surface area contributed by atoms with Gasteiger partial charge in [-0.1, -0.05) is 40.2 Å². The number of hydrogen-bond donors (Lipinski definition) is 1. The van der Waals surface area contributed by atoms with Crippen LogP contribution in [-0.2, 0) is 6.54 Å². The molecular formula is C20H20BrFN2. The normalized spacial score (nSPS) is 15.9. The first kappa shape index (κ1) is 15.9. The van der Waals surface area contributed by atoms with E-state index in [1.54, 1.807) is 0 Å². The molecule has 0 unspecified atom stereocenters. The monoisotopic (exact) mass is 386 g/mol. The molecule has 1 aliphatic rings. The van der Waals surface area contributed by atoms with Gasteiger partial charge in [0.05, 0.1) is 6.54 Å². The number of aromatic nitrogens is 1. The standard InChI is InChI=1S/C20H20BrFN2/c21-16-6-5-15(19(22)11-16)12-24-13-18(14-7-9-23-10-8-14)17-3-1-2-4-20(17)24/h1-6,11,13-14,23H,7-10,12H2. The Labute approximate surface area is 149 Å². The van der Waals surface area contributed by atoms with Gasteiger partial charge in [0.15, 0.2) is 0 Å². The molecule has 0 atom stereocenters. The lowest BCUT2D eigenvalue weighted by atomic mass is 9.90. The highest BCUT2D eigenvalue weighted by Crippen LogP contribution is 2.33. The summed E-state index contributed by atoms with van der Waals surface area (Å²) in [4.78, 5) is 0. The number of para-hydroxylation sites is 1. The van der Waals surface area contributed by atoms with Crippen molar-refractivity contribution < 1.29 is 4.39 Å². The lowest BCUT2D eigenvalue weighted by Crippen LogP contribution is -2.26. The van der Waals surface area contributed by atoms with E-state index in [1.807, 2.05) is 12.1 Å². The Morgan fingerprint density at radius 2 is 1.92 bits per heavy atom. The van der Waals surface area contributed by atoms with E-state index in [2.05, 4.69) is 56.3 Å². The lowest BCUT2D eigenvalue weighted by Gasteiger charge is -2.22.